The number of sulfonamides is 1. The van der Waals surface area contributed by atoms with Crippen LogP contribution in [0.5, 0.6) is 0 Å². The number of H-pyrrole nitrogens is 1. The average molecular weight is 533 g/mol. The predicted octanol–water partition coefficient (Wildman–Crippen LogP) is 4.59. The van der Waals surface area contributed by atoms with Gasteiger partial charge >= 0.3 is 0 Å². The summed E-state index contributed by atoms with van der Waals surface area (Å²) in [5.74, 6) is 0. The van der Waals surface area contributed by atoms with Gasteiger partial charge in [-0.3, -0.25) is 9.30 Å². The maximum Gasteiger partial charge on any atom is 0.273 e. The van der Waals surface area contributed by atoms with Gasteiger partial charge in [-0.15, -0.1) is 11.3 Å². The van der Waals surface area contributed by atoms with E-state index < -0.39 is 15.6 Å². The molecule has 0 bridgehead atoms. The summed E-state index contributed by atoms with van der Waals surface area (Å²) in [6.07, 6.45) is 4.82. The standard InChI is InChI=1S/C25H32N4O3S3/c1-25(30)11-8-18(9-12-25)26-13-10-19-16-27-24(34-19)20-15-17-5-3-6-21(23(17)28-20)29(2)35(31,32)22-7-4-14-33-22/h3-7,14-15,18-19,26,28,30H,8-13,16H2,1-2H3. The Hall–Kier alpha value is -1.85. The molecule has 1 aromatic carbocycles. The molecule has 188 valence electrons. The number of aliphatic hydroxyl groups is 1. The van der Waals surface area contributed by atoms with Crippen molar-refractivity contribution >= 4 is 54.8 Å². The van der Waals surface area contributed by atoms with Crippen LogP contribution in [-0.2, 0) is 10.0 Å². The largest absolute Gasteiger partial charge is 0.390 e. The fraction of sp³-hybridized carbons (Fsp3) is 0.480. The molecule has 1 atom stereocenters. The molecule has 3 heterocycles. The Labute approximate surface area is 215 Å². The number of anilines is 1. The summed E-state index contributed by atoms with van der Waals surface area (Å²) in [5, 5.41) is 17.9. The second-order valence-electron chi connectivity index (χ2n) is 9.73. The monoisotopic (exact) mass is 532 g/mol. The minimum Gasteiger partial charge on any atom is -0.390 e. The van der Waals surface area contributed by atoms with Crippen molar-refractivity contribution in [2.24, 2.45) is 4.99 Å². The first-order chi connectivity index (χ1) is 16.7. The van der Waals surface area contributed by atoms with Crippen LogP contribution in [0.15, 0.2) is 51.0 Å². The number of rotatable bonds is 8. The van der Waals surface area contributed by atoms with Gasteiger partial charge in [0.2, 0.25) is 0 Å². The number of thioether (sulfide) groups is 1. The topological polar surface area (TPSA) is 97.8 Å². The second-order valence-corrected chi connectivity index (χ2v) is 14.2. The third-order valence-corrected chi connectivity index (χ3v) is 11.4. The van der Waals surface area contributed by atoms with Crippen molar-refractivity contribution in [2.45, 2.75) is 60.1 Å². The number of fused-ring (bicyclic) bond motifs is 1. The van der Waals surface area contributed by atoms with E-state index in [-0.39, 0.29) is 0 Å². The van der Waals surface area contributed by atoms with Gasteiger partial charge in [-0.25, -0.2) is 8.42 Å². The fourth-order valence-corrected chi connectivity index (χ4v) is 8.26. The minimum absolute atomic E-state index is 0.328. The Balaban J connectivity index is 1.23. The molecule has 0 radical (unpaired) electrons. The summed E-state index contributed by atoms with van der Waals surface area (Å²) >= 11 is 3.01. The zero-order valence-corrected chi connectivity index (χ0v) is 22.5. The van der Waals surface area contributed by atoms with Crippen LogP contribution in [0.3, 0.4) is 0 Å². The molecule has 0 spiro atoms. The number of aromatic amines is 1. The Bertz CT molecular complexity index is 1300. The van der Waals surface area contributed by atoms with Crippen LogP contribution in [0.1, 0.15) is 44.7 Å². The van der Waals surface area contributed by atoms with Crippen LogP contribution in [0.2, 0.25) is 0 Å². The molecule has 1 aliphatic carbocycles. The molecule has 3 aromatic rings. The number of nitrogens with zero attached hydrogens (tertiary/aromatic N) is 2. The van der Waals surface area contributed by atoms with Gasteiger partial charge in [-0.1, -0.05) is 30.0 Å². The first-order valence-corrected chi connectivity index (χ1v) is 15.2. The van der Waals surface area contributed by atoms with Gasteiger partial charge < -0.3 is 15.4 Å². The highest BCUT2D eigenvalue weighted by Crippen LogP contribution is 2.34. The number of hydrogen-bond donors (Lipinski definition) is 3. The third kappa shape index (κ3) is 5.32. The lowest BCUT2D eigenvalue weighted by Gasteiger charge is -2.33. The minimum atomic E-state index is -3.61. The molecule has 0 amide bonds. The van der Waals surface area contributed by atoms with E-state index >= 15 is 0 Å². The highest BCUT2D eigenvalue weighted by atomic mass is 32.2. The van der Waals surface area contributed by atoms with E-state index in [0.29, 0.717) is 21.2 Å². The molecule has 35 heavy (non-hydrogen) atoms. The molecule has 5 rings (SSSR count). The Morgan fingerprint density at radius 3 is 2.80 bits per heavy atom. The van der Waals surface area contributed by atoms with E-state index in [4.69, 9.17) is 4.99 Å². The molecule has 10 heteroatoms. The lowest BCUT2D eigenvalue weighted by atomic mass is 9.83. The molecule has 1 saturated carbocycles. The van der Waals surface area contributed by atoms with Crippen molar-refractivity contribution in [1.82, 2.24) is 10.3 Å². The van der Waals surface area contributed by atoms with Crippen LogP contribution in [-0.4, -0.2) is 60.6 Å². The molecule has 1 aliphatic heterocycles. The molecule has 2 aromatic heterocycles. The number of benzene rings is 1. The van der Waals surface area contributed by atoms with E-state index in [1.807, 2.05) is 25.1 Å². The van der Waals surface area contributed by atoms with E-state index in [9.17, 15) is 13.5 Å². The number of nitrogens with one attached hydrogen (secondary N) is 2. The number of aliphatic imine (C=N–C) groups is 1. The normalized spacial score (nSPS) is 25.2. The van der Waals surface area contributed by atoms with E-state index in [2.05, 4.69) is 16.4 Å². The molecular weight excluding hydrogens is 501 g/mol. The van der Waals surface area contributed by atoms with Gasteiger partial charge in [0.25, 0.3) is 10.0 Å². The summed E-state index contributed by atoms with van der Waals surface area (Å²) in [5.41, 5.74) is 1.86. The van der Waals surface area contributed by atoms with E-state index in [1.54, 1.807) is 36.3 Å². The Morgan fingerprint density at radius 2 is 2.06 bits per heavy atom. The first-order valence-electron chi connectivity index (χ1n) is 12.0. The van der Waals surface area contributed by atoms with Crippen molar-refractivity contribution in [3.05, 3.63) is 47.5 Å². The van der Waals surface area contributed by atoms with Crippen molar-refractivity contribution < 1.29 is 13.5 Å². The molecule has 0 saturated heterocycles. The van der Waals surface area contributed by atoms with Crippen molar-refractivity contribution in [1.29, 1.82) is 0 Å². The highest BCUT2D eigenvalue weighted by molar-refractivity contribution is 8.15. The van der Waals surface area contributed by atoms with Gasteiger partial charge in [-0.05, 0) is 69.2 Å². The van der Waals surface area contributed by atoms with Crippen LogP contribution in [0.25, 0.3) is 10.9 Å². The van der Waals surface area contributed by atoms with Crippen molar-refractivity contribution in [3.63, 3.8) is 0 Å². The SMILES string of the molecule is CN(c1cccc2cc(C3=NCC(CCNC4CCC(C)(O)CC4)S3)[nH]c12)S(=O)(=O)c1cccs1. The smallest absolute Gasteiger partial charge is 0.273 e. The summed E-state index contributed by atoms with van der Waals surface area (Å²) in [6, 6.07) is 11.7. The maximum atomic E-state index is 13.1. The van der Waals surface area contributed by atoms with Crippen LogP contribution >= 0.6 is 23.1 Å². The maximum absolute atomic E-state index is 13.1. The van der Waals surface area contributed by atoms with Crippen LogP contribution in [0.4, 0.5) is 5.69 Å². The second kappa shape index (κ2) is 9.89. The number of aromatic nitrogens is 1. The zero-order valence-electron chi connectivity index (χ0n) is 20.0. The summed E-state index contributed by atoms with van der Waals surface area (Å²) in [4.78, 5) is 8.24. The van der Waals surface area contributed by atoms with Gasteiger partial charge in [0.05, 0.1) is 29.0 Å². The average Bonchev–Trinajstić information content (AvgIpc) is 3.59. The van der Waals surface area contributed by atoms with Crippen molar-refractivity contribution in [2.75, 3.05) is 24.4 Å². The summed E-state index contributed by atoms with van der Waals surface area (Å²) < 4.78 is 27.8. The lowest BCUT2D eigenvalue weighted by Crippen LogP contribution is -2.40. The quantitative estimate of drug-likeness (QED) is 0.394. The Kier molecular flexibility index (Phi) is 7.02. The van der Waals surface area contributed by atoms with E-state index in [0.717, 1.165) is 66.8 Å². The number of hydrogen-bond acceptors (Lipinski definition) is 7. The molecule has 1 fully saturated rings. The predicted molar refractivity (Wildman–Crippen MR) is 146 cm³/mol. The molecule has 7 nitrogen and oxygen atoms in total. The van der Waals surface area contributed by atoms with Crippen LogP contribution < -0.4 is 9.62 Å². The number of para-hydroxylation sites is 1. The van der Waals surface area contributed by atoms with Crippen LogP contribution in [0, 0.1) is 0 Å². The fourth-order valence-electron chi connectivity index (χ4n) is 4.80. The van der Waals surface area contributed by atoms with E-state index in [1.165, 1.54) is 15.6 Å². The summed E-state index contributed by atoms with van der Waals surface area (Å²) in [7, 11) is -2.01. The van der Waals surface area contributed by atoms with Crippen molar-refractivity contribution in [3.8, 4) is 0 Å². The zero-order chi connectivity index (χ0) is 24.6. The summed E-state index contributed by atoms with van der Waals surface area (Å²) in [6.45, 7) is 3.68. The van der Waals surface area contributed by atoms with Gasteiger partial charge in [0.15, 0.2) is 0 Å². The Morgan fingerprint density at radius 1 is 1.26 bits per heavy atom. The van der Waals surface area contributed by atoms with Gasteiger partial charge in [0, 0.05) is 23.7 Å². The molecule has 3 N–H and O–H groups in total. The first kappa shape index (κ1) is 24.8. The number of thiophene rings is 1. The molecule has 2 aliphatic rings. The van der Waals surface area contributed by atoms with Gasteiger partial charge in [-0.2, -0.15) is 0 Å². The third-order valence-electron chi connectivity index (χ3n) is 6.99. The molecule has 1 unspecified atom stereocenters. The molecular formula is C25H32N4O3S3. The lowest BCUT2D eigenvalue weighted by molar-refractivity contribution is 0.0142. The highest BCUT2D eigenvalue weighted by Gasteiger charge is 2.29. The van der Waals surface area contributed by atoms with Gasteiger partial charge in [0.1, 0.15) is 9.25 Å².